The minimum Gasteiger partial charge on any atom is -0.457 e. The van der Waals surface area contributed by atoms with Gasteiger partial charge in [0, 0.05) is 11.1 Å². The summed E-state index contributed by atoms with van der Waals surface area (Å²) < 4.78 is 18.1. The van der Waals surface area contributed by atoms with Crippen LogP contribution in [0.1, 0.15) is 25.0 Å². The van der Waals surface area contributed by atoms with Crippen molar-refractivity contribution in [2.75, 3.05) is 0 Å². The molecule has 4 rings (SSSR count). The van der Waals surface area contributed by atoms with Crippen LogP contribution in [-0.4, -0.2) is 0 Å². The first-order valence-corrected chi connectivity index (χ1v) is 10.9. The first-order chi connectivity index (χ1) is 16.2. The zero-order chi connectivity index (χ0) is 22.9. The van der Waals surface area contributed by atoms with Crippen LogP contribution in [0.15, 0.2) is 109 Å². The van der Waals surface area contributed by atoms with Crippen molar-refractivity contribution in [3.63, 3.8) is 0 Å². The third kappa shape index (κ3) is 5.92. The molecule has 0 unspecified atom stereocenters. The molecule has 0 atom stereocenters. The average Bonchev–Trinajstić information content (AvgIpc) is 2.84. The SMILES string of the molecule is CC=Cc1ccccc1Oc1ccc(Oc2ccc(Oc3ccccc3C=CC)cc2)cc1. The number of allylic oxidation sites excluding steroid dienone is 2. The van der Waals surface area contributed by atoms with E-state index in [1.165, 1.54) is 0 Å². The normalized spacial score (nSPS) is 11.1. The third-order valence-corrected chi connectivity index (χ3v) is 4.87. The Morgan fingerprint density at radius 2 is 0.758 bits per heavy atom. The van der Waals surface area contributed by atoms with Gasteiger partial charge in [-0.15, -0.1) is 0 Å². The number of hydrogen-bond donors (Lipinski definition) is 0. The predicted molar refractivity (Wildman–Crippen MR) is 135 cm³/mol. The molecule has 0 radical (unpaired) electrons. The van der Waals surface area contributed by atoms with E-state index in [1.54, 1.807) is 0 Å². The van der Waals surface area contributed by atoms with Crippen LogP contribution in [0.3, 0.4) is 0 Å². The molecule has 0 saturated carbocycles. The molecule has 0 aromatic heterocycles. The Balaban J connectivity index is 1.40. The second kappa shape index (κ2) is 10.9. The average molecular weight is 435 g/mol. The van der Waals surface area contributed by atoms with Crippen LogP contribution in [0, 0.1) is 0 Å². The van der Waals surface area contributed by atoms with Gasteiger partial charge >= 0.3 is 0 Å². The molecule has 3 heteroatoms. The Morgan fingerprint density at radius 1 is 0.424 bits per heavy atom. The van der Waals surface area contributed by atoms with E-state index in [0.717, 1.165) is 45.6 Å². The summed E-state index contributed by atoms with van der Waals surface area (Å²) in [5.74, 6) is 4.60. The minimum atomic E-state index is 0.733. The van der Waals surface area contributed by atoms with Crippen molar-refractivity contribution in [2.45, 2.75) is 13.8 Å². The van der Waals surface area contributed by atoms with Gasteiger partial charge in [-0.2, -0.15) is 0 Å². The molecule has 0 bridgehead atoms. The quantitative estimate of drug-likeness (QED) is 0.277. The lowest BCUT2D eigenvalue weighted by Gasteiger charge is -2.11. The highest BCUT2D eigenvalue weighted by Crippen LogP contribution is 2.31. The monoisotopic (exact) mass is 434 g/mol. The topological polar surface area (TPSA) is 27.7 Å². The van der Waals surface area contributed by atoms with E-state index in [4.69, 9.17) is 14.2 Å². The van der Waals surface area contributed by atoms with Gasteiger partial charge in [-0.1, -0.05) is 60.7 Å². The highest BCUT2D eigenvalue weighted by atomic mass is 16.5. The summed E-state index contributed by atoms with van der Waals surface area (Å²) in [6.45, 7) is 3.98. The van der Waals surface area contributed by atoms with E-state index < -0.39 is 0 Å². The molecular formula is C30H26O3. The van der Waals surface area contributed by atoms with Gasteiger partial charge in [-0.05, 0) is 74.5 Å². The van der Waals surface area contributed by atoms with Crippen LogP contribution in [0.5, 0.6) is 34.5 Å². The minimum absolute atomic E-state index is 0.733. The first kappa shape index (κ1) is 22.0. The van der Waals surface area contributed by atoms with Gasteiger partial charge in [-0.3, -0.25) is 0 Å². The number of rotatable bonds is 8. The second-order valence-corrected chi connectivity index (χ2v) is 7.32. The molecule has 0 saturated heterocycles. The van der Waals surface area contributed by atoms with E-state index in [-0.39, 0.29) is 0 Å². The van der Waals surface area contributed by atoms with Gasteiger partial charge in [0.15, 0.2) is 0 Å². The molecular weight excluding hydrogens is 408 g/mol. The maximum Gasteiger partial charge on any atom is 0.134 e. The molecule has 0 heterocycles. The van der Waals surface area contributed by atoms with Crippen molar-refractivity contribution in [3.05, 3.63) is 120 Å². The van der Waals surface area contributed by atoms with Crippen molar-refractivity contribution in [1.82, 2.24) is 0 Å². The zero-order valence-corrected chi connectivity index (χ0v) is 18.8. The van der Waals surface area contributed by atoms with E-state index >= 15 is 0 Å². The molecule has 3 nitrogen and oxygen atoms in total. The smallest absolute Gasteiger partial charge is 0.134 e. The summed E-state index contributed by atoms with van der Waals surface area (Å²) >= 11 is 0. The molecule has 0 fully saturated rings. The van der Waals surface area contributed by atoms with Crippen LogP contribution in [-0.2, 0) is 0 Å². The fourth-order valence-corrected chi connectivity index (χ4v) is 3.32. The maximum atomic E-state index is 6.04. The molecule has 0 spiro atoms. The maximum absolute atomic E-state index is 6.04. The van der Waals surface area contributed by atoms with Gasteiger partial charge < -0.3 is 14.2 Å². The number of ether oxygens (including phenoxy) is 3. The summed E-state index contributed by atoms with van der Waals surface area (Å²) in [6, 6.07) is 31.1. The van der Waals surface area contributed by atoms with Crippen LogP contribution < -0.4 is 14.2 Å². The lowest BCUT2D eigenvalue weighted by Crippen LogP contribution is -1.89. The Bertz CT molecular complexity index is 1140. The van der Waals surface area contributed by atoms with Gasteiger partial charge in [0.25, 0.3) is 0 Å². The third-order valence-electron chi connectivity index (χ3n) is 4.87. The summed E-state index contributed by atoms with van der Waals surface area (Å²) in [5.41, 5.74) is 2.08. The van der Waals surface area contributed by atoms with Crippen molar-refractivity contribution < 1.29 is 14.2 Å². The highest BCUT2D eigenvalue weighted by Gasteiger charge is 2.05. The molecule has 0 aliphatic carbocycles. The Hall–Kier alpha value is -4.24. The lowest BCUT2D eigenvalue weighted by molar-refractivity contribution is 0.463. The lowest BCUT2D eigenvalue weighted by atomic mass is 10.2. The van der Waals surface area contributed by atoms with E-state index in [2.05, 4.69) is 0 Å². The van der Waals surface area contributed by atoms with Gasteiger partial charge in [0.2, 0.25) is 0 Å². The fraction of sp³-hybridized carbons (Fsp3) is 0.0667. The summed E-state index contributed by atoms with van der Waals surface area (Å²) in [7, 11) is 0. The first-order valence-electron chi connectivity index (χ1n) is 10.9. The van der Waals surface area contributed by atoms with Crippen molar-refractivity contribution in [3.8, 4) is 34.5 Å². The summed E-state index contributed by atoms with van der Waals surface area (Å²) in [5, 5.41) is 0. The largest absolute Gasteiger partial charge is 0.457 e. The van der Waals surface area contributed by atoms with Crippen LogP contribution in [0.4, 0.5) is 0 Å². The molecule has 4 aromatic carbocycles. The van der Waals surface area contributed by atoms with Crippen LogP contribution in [0.25, 0.3) is 12.2 Å². The van der Waals surface area contributed by atoms with Gasteiger partial charge in [-0.25, -0.2) is 0 Å². The second-order valence-electron chi connectivity index (χ2n) is 7.32. The molecule has 33 heavy (non-hydrogen) atoms. The van der Waals surface area contributed by atoms with E-state index in [0.29, 0.717) is 0 Å². The van der Waals surface area contributed by atoms with Crippen LogP contribution in [0.2, 0.25) is 0 Å². The van der Waals surface area contributed by atoms with E-state index in [1.807, 2.05) is 135 Å². The highest BCUT2D eigenvalue weighted by molar-refractivity contribution is 5.58. The Labute approximate surface area is 195 Å². The number of para-hydroxylation sites is 2. The van der Waals surface area contributed by atoms with Gasteiger partial charge in [0.1, 0.15) is 34.5 Å². The van der Waals surface area contributed by atoms with Gasteiger partial charge in [0.05, 0.1) is 0 Å². The molecule has 0 aliphatic rings. The molecule has 4 aromatic rings. The fourth-order valence-electron chi connectivity index (χ4n) is 3.32. The van der Waals surface area contributed by atoms with Crippen molar-refractivity contribution in [2.24, 2.45) is 0 Å². The number of hydrogen-bond acceptors (Lipinski definition) is 3. The van der Waals surface area contributed by atoms with Crippen molar-refractivity contribution in [1.29, 1.82) is 0 Å². The summed E-state index contributed by atoms with van der Waals surface area (Å²) in [6.07, 6.45) is 8.05. The standard InChI is InChI=1S/C30H26O3/c1-3-9-23-11-5-7-13-29(23)32-27-19-15-25(16-20-27)31-26-17-21-28(22-18-26)33-30-14-8-6-12-24(30)10-4-2/h3-22H,1-2H3. The van der Waals surface area contributed by atoms with Crippen LogP contribution >= 0.6 is 0 Å². The Kier molecular flexibility index (Phi) is 7.24. The predicted octanol–water partition coefficient (Wildman–Crippen LogP) is 9.13. The molecule has 0 aliphatic heterocycles. The molecule has 0 N–H and O–H groups in total. The zero-order valence-electron chi connectivity index (χ0n) is 18.8. The van der Waals surface area contributed by atoms with E-state index in [9.17, 15) is 0 Å². The number of benzene rings is 4. The molecule has 164 valence electrons. The molecule has 0 amide bonds. The summed E-state index contributed by atoms with van der Waals surface area (Å²) in [4.78, 5) is 0. The Morgan fingerprint density at radius 3 is 1.12 bits per heavy atom. The van der Waals surface area contributed by atoms with Crippen molar-refractivity contribution >= 4 is 12.2 Å².